The van der Waals surface area contributed by atoms with Gasteiger partial charge < -0.3 is 14.5 Å². The zero-order valence-corrected chi connectivity index (χ0v) is 18.6. The number of rotatable bonds is 5. The molecule has 1 N–H and O–H groups in total. The first kappa shape index (κ1) is 22.1. The number of carbonyl (C=O) groups is 2. The first-order valence-electron chi connectivity index (χ1n) is 10.3. The third-order valence-electron chi connectivity index (χ3n) is 5.38. The van der Waals surface area contributed by atoms with Crippen molar-refractivity contribution in [2.75, 3.05) is 12.4 Å². The van der Waals surface area contributed by atoms with Gasteiger partial charge in [-0.1, -0.05) is 12.1 Å². The van der Waals surface area contributed by atoms with Crippen LogP contribution < -0.4 is 5.32 Å². The Labute approximate surface area is 194 Å². The fourth-order valence-electron chi connectivity index (χ4n) is 3.71. The number of furan rings is 1. The lowest BCUT2D eigenvalue weighted by Crippen LogP contribution is -2.13. The second kappa shape index (κ2) is 9.56. The zero-order valence-electron chi connectivity index (χ0n) is 17.8. The van der Waals surface area contributed by atoms with E-state index < -0.39 is 11.9 Å². The Morgan fingerprint density at radius 1 is 1.12 bits per heavy atom. The highest BCUT2D eigenvalue weighted by Crippen LogP contribution is 2.37. The molecule has 0 fully saturated rings. The predicted molar refractivity (Wildman–Crippen MR) is 123 cm³/mol. The smallest absolute Gasteiger partial charge is 0.337 e. The van der Waals surface area contributed by atoms with Gasteiger partial charge in [-0.25, -0.2) is 4.79 Å². The van der Waals surface area contributed by atoms with E-state index in [0.29, 0.717) is 27.6 Å². The summed E-state index contributed by atoms with van der Waals surface area (Å²) in [4.78, 5) is 25.4. The number of carbonyl (C=O) groups excluding carboxylic acids is 2. The Balaban J connectivity index is 1.53. The third kappa shape index (κ3) is 4.57. The minimum atomic E-state index is -0.590. The number of ether oxygens (including phenoxy) is 1. The Morgan fingerprint density at radius 3 is 2.58 bits per heavy atom. The second-order valence-corrected chi connectivity index (χ2v) is 8.53. The van der Waals surface area contributed by atoms with E-state index in [4.69, 9.17) is 4.42 Å². The van der Waals surface area contributed by atoms with Crippen molar-refractivity contribution in [3.63, 3.8) is 0 Å². The lowest BCUT2D eigenvalue weighted by Gasteiger charge is -2.09. The van der Waals surface area contributed by atoms with E-state index in [9.17, 15) is 20.1 Å². The van der Waals surface area contributed by atoms with Gasteiger partial charge in [0.25, 0.3) is 5.91 Å². The number of hydrogen-bond donors (Lipinski definition) is 1. The van der Waals surface area contributed by atoms with Gasteiger partial charge >= 0.3 is 5.97 Å². The second-order valence-electron chi connectivity index (χ2n) is 7.42. The molecule has 164 valence electrons. The molecule has 0 spiro atoms. The first-order chi connectivity index (χ1) is 16.0. The van der Waals surface area contributed by atoms with Gasteiger partial charge in [0.2, 0.25) is 0 Å². The van der Waals surface area contributed by atoms with Crippen LogP contribution in [0.4, 0.5) is 5.00 Å². The fraction of sp³-hybridized carbons (Fsp3) is 0.200. The summed E-state index contributed by atoms with van der Waals surface area (Å²) in [5.74, 6) is -0.166. The van der Waals surface area contributed by atoms with E-state index in [-0.39, 0.29) is 5.57 Å². The molecule has 0 saturated heterocycles. The van der Waals surface area contributed by atoms with Gasteiger partial charge in [-0.3, -0.25) is 4.79 Å². The molecule has 0 saturated carbocycles. The van der Waals surface area contributed by atoms with Crippen molar-refractivity contribution in [1.29, 1.82) is 10.5 Å². The maximum absolute atomic E-state index is 12.7. The van der Waals surface area contributed by atoms with Crippen LogP contribution in [-0.4, -0.2) is 19.0 Å². The SMILES string of the molecule is COC(=O)c1ccc(-c2ccc(/C=C(\C#N)C(=O)Nc3sc4c(c3C#N)CCCC4)o2)cc1. The van der Waals surface area contributed by atoms with Gasteiger partial charge in [-0.05, 0) is 55.5 Å². The molecular formula is C25H19N3O4S. The average Bonchev–Trinajstić information content (AvgIpc) is 3.46. The molecule has 1 amide bonds. The van der Waals surface area contributed by atoms with Crippen LogP contribution in [0.1, 0.15) is 45.0 Å². The quantitative estimate of drug-likeness (QED) is 0.324. The number of hydrogen-bond acceptors (Lipinski definition) is 7. The molecule has 1 aliphatic rings. The van der Waals surface area contributed by atoms with Crippen molar-refractivity contribution in [3.8, 4) is 23.5 Å². The molecule has 2 aromatic heterocycles. The van der Waals surface area contributed by atoms with E-state index in [1.54, 1.807) is 36.4 Å². The lowest BCUT2D eigenvalue weighted by atomic mass is 9.96. The maximum atomic E-state index is 12.7. The molecule has 0 unspecified atom stereocenters. The summed E-state index contributed by atoms with van der Waals surface area (Å²) < 4.78 is 10.5. The van der Waals surface area contributed by atoms with Gasteiger partial charge in [0.1, 0.15) is 34.2 Å². The summed E-state index contributed by atoms with van der Waals surface area (Å²) >= 11 is 1.41. The van der Waals surface area contributed by atoms with Crippen LogP contribution in [0.25, 0.3) is 17.4 Å². The van der Waals surface area contributed by atoms with Gasteiger partial charge in [0, 0.05) is 16.5 Å². The normalized spacial score (nSPS) is 12.9. The van der Waals surface area contributed by atoms with Crippen LogP contribution in [0.3, 0.4) is 0 Å². The van der Waals surface area contributed by atoms with Crippen LogP contribution >= 0.6 is 11.3 Å². The van der Waals surface area contributed by atoms with Gasteiger partial charge in [-0.15, -0.1) is 11.3 Å². The van der Waals surface area contributed by atoms with E-state index in [2.05, 4.69) is 16.1 Å². The van der Waals surface area contributed by atoms with Gasteiger partial charge in [-0.2, -0.15) is 10.5 Å². The van der Waals surface area contributed by atoms with Gasteiger partial charge in [0.15, 0.2) is 0 Å². The van der Waals surface area contributed by atoms with Gasteiger partial charge in [0.05, 0.1) is 18.2 Å². The van der Waals surface area contributed by atoms with Crippen molar-refractivity contribution in [2.45, 2.75) is 25.7 Å². The maximum Gasteiger partial charge on any atom is 0.337 e. The van der Waals surface area contributed by atoms with E-state index in [1.807, 2.05) is 6.07 Å². The summed E-state index contributed by atoms with van der Waals surface area (Å²) in [7, 11) is 1.32. The number of methoxy groups -OCH3 is 1. The summed E-state index contributed by atoms with van der Waals surface area (Å²) in [6.07, 6.45) is 5.20. The van der Waals surface area contributed by atoms with Crippen LogP contribution in [0.15, 0.2) is 46.4 Å². The highest BCUT2D eigenvalue weighted by Gasteiger charge is 2.23. The molecule has 7 nitrogen and oxygen atoms in total. The van der Waals surface area contributed by atoms with Crippen LogP contribution in [0.5, 0.6) is 0 Å². The number of aryl methyl sites for hydroxylation is 1. The number of anilines is 1. The van der Waals surface area contributed by atoms with Crippen molar-refractivity contribution in [2.24, 2.45) is 0 Å². The Kier molecular flexibility index (Phi) is 6.39. The summed E-state index contributed by atoms with van der Waals surface area (Å²) in [5.41, 5.74) is 2.53. The minimum Gasteiger partial charge on any atom is -0.465 e. The van der Waals surface area contributed by atoms with Crippen molar-refractivity contribution >= 4 is 34.3 Å². The topological polar surface area (TPSA) is 116 Å². The number of esters is 1. The molecule has 0 aliphatic heterocycles. The number of thiophene rings is 1. The number of nitriles is 2. The molecule has 0 atom stereocenters. The summed E-state index contributed by atoms with van der Waals surface area (Å²) in [6.45, 7) is 0. The molecule has 8 heteroatoms. The van der Waals surface area contributed by atoms with E-state index in [1.165, 1.54) is 24.5 Å². The van der Waals surface area contributed by atoms with Crippen LogP contribution in [0, 0.1) is 22.7 Å². The molecule has 1 aromatic carbocycles. The minimum absolute atomic E-state index is 0.132. The molecular weight excluding hydrogens is 438 g/mol. The Hall–Kier alpha value is -4.14. The largest absolute Gasteiger partial charge is 0.465 e. The molecule has 0 bridgehead atoms. The number of amides is 1. The van der Waals surface area contributed by atoms with Crippen molar-refractivity contribution in [1.82, 2.24) is 0 Å². The summed E-state index contributed by atoms with van der Waals surface area (Å²) in [5, 5.41) is 22.3. The van der Waals surface area contributed by atoms with E-state index >= 15 is 0 Å². The zero-order chi connectivity index (χ0) is 23.4. The number of nitrogens with one attached hydrogen (secondary N) is 1. The van der Waals surface area contributed by atoms with Crippen molar-refractivity contribution < 1.29 is 18.7 Å². The molecule has 3 aromatic rings. The fourth-order valence-corrected chi connectivity index (χ4v) is 4.94. The molecule has 1 aliphatic carbocycles. The monoisotopic (exact) mass is 457 g/mol. The highest BCUT2D eigenvalue weighted by molar-refractivity contribution is 7.16. The predicted octanol–water partition coefficient (Wildman–Crippen LogP) is 5.09. The molecule has 33 heavy (non-hydrogen) atoms. The number of fused-ring (bicyclic) bond motifs is 1. The number of benzene rings is 1. The highest BCUT2D eigenvalue weighted by atomic mass is 32.1. The third-order valence-corrected chi connectivity index (χ3v) is 6.59. The van der Waals surface area contributed by atoms with Crippen LogP contribution in [0.2, 0.25) is 0 Å². The molecule has 4 rings (SSSR count). The molecule has 0 radical (unpaired) electrons. The first-order valence-corrected chi connectivity index (χ1v) is 11.1. The average molecular weight is 458 g/mol. The van der Waals surface area contributed by atoms with E-state index in [0.717, 1.165) is 41.7 Å². The lowest BCUT2D eigenvalue weighted by molar-refractivity contribution is -0.112. The number of nitrogens with zero attached hydrogens (tertiary/aromatic N) is 2. The summed E-state index contributed by atoms with van der Waals surface area (Å²) in [6, 6.07) is 14.2. The van der Waals surface area contributed by atoms with Crippen LogP contribution in [-0.2, 0) is 22.4 Å². The Bertz CT molecular complexity index is 1330. The standard InChI is InChI=1S/C25H19N3O4S/c1-31-25(30)16-8-6-15(7-9-16)21-11-10-18(32-21)12-17(13-26)23(29)28-24-20(14-27)19-4-2-3-5-22(19)33-24/h6-12H,2-5H2,1H3,(H,28,29)/b17-12+. The Morgan fingerprint density at radius 2 is 1.88 bits per heavy atom. The molecule has 2 heterocycles. The van der Waals surface area contributed by atoms with Crippen molar-refractivity contribution in [3.05, 3.63) is 69.3 Å².